The van der Waals surface area contributed by atoms with E-state index < -0.39 is 0 Å². The molecule has 1 aromatic carbocycles. The highest BCUT2D eigenvalue weighted by Crippen LogP contribution is 2.16. The minimum absolute atomic E-state index is 0.0315. The third kappa shape index (κ3) is 4.52. The quantitative estimate of drug-likeness (QED) is 0.889. The lowest BCUT2D eigenvalue weighted by Crippen LogP contribution is -2.25. The molecule has 1 amide bonds. The Hall–Kier alpha value is -2.43. The van der Waals surface area contributed by atoms with Crippen LogP contribution in [0.1, 0.15) is 30.7 Å². The van der Waals surface area contributed by atoms with Gasteiger partial charge in [0.1, 0.15) is 11.6 Å². The van der Waals surface area contributed by atoms with Crippen LogP contribution in [0.25, 0.3) is 0 Å². The van der Waals surface area contributed by atoms with Gasteiger partial charge in [-0.1, -0.05) is 30.3 Å². The zero-order valence-corrected chi connectivity index (χ0v) is 13.2. The summed E-state index contributed by atoms with van der Waals surface area (Å²) in [5.74, 6) is 1.66. The van der Waals surface area contributed by atoms with Gasteiger partial charge in [-0.05, 0) is 30.9 Å². The number of nitrogens with zero attached hydrogens (tertiary/aromatic N) is 3. The Labute approximate surface area is 136 Å². The van der Waals surface area contributed by atoms with E-state index in [4.69, 9.17) is 0 Å². The molecule has 3 rings (SSSR count). The molecular formula is C18H22N4O. The fraction of sp³-hybridized carbons (Fsp3) is 0.389. The third-order valence-electron chi connectivity index (χ3n) is 4.05. The summed E-state index contributed by atoms with van der Waals surface area (Å²) in [5, 5.41) is 2.90. The highest BCUT2D eigenvalue weighted by Gasteiger charge is 2.14. The second-order valence-corrected chi connectivity index (χ2v) is 5.79. The first-order valence-corrected chi connectivity index (χ1v) is 8.19. The summed E-state index contributed by atoms with van der Waals surface area (Å²) >= 11 is 0. The molecular weight excluding hydrogens is 288 g/mol. The van der Waals surface area contributed by atoms with Crippen LogP contribution < -0.4 is 10.2 Å². The van der Waals surface area contributed by atoms with E-state index in [1.54, 1.807) is 6.20 Å². The van der Waals surface area contributed by atoms with Gasteiger partial charge < -0.3 is 10.2 Å². The molecule has 1 aromatic heterocycles. The Bertz CT molecular complexity index is 638. The van der Waals surface area contributed by atoms with Crippen LogP contribution in [0.3, 0.4) is 0 Å². The van der Waals surface area contributed by atoms with Gasteiger partial charge in [0.25, 0.3) is 0 Å². The zero-order chi connectivity index (χ0) is 15.9. The molecule has 1 fully saturated rings. The average Bonchev–Trinajstić information content (AvgIpc) is 3.14. The number of aryl methyl sites for hydroxylation is 1. The summed E-state index contributed by atoms with van der Waals surface area (Å²) in [6.45, 7) is 2.50. The number of amides is 1. The Morgan fingerprint density at radius 3 is 2.70 bits per heavy atom. The SMILES string of the molecule is O=C(CCc1ccccc1)NCc1nccc(N2CCCC2)n1. The predicted molar refractivity (Wildman–Crippen MR) is 90.1 cm³/mol. The molecule has 0 aliphatic carbocycles. The summed E-state index contributed by atoms with van der Waals surface area (Å²) in [6, 6.07) is 12.0. The number of hydrogen-bond donors (Lipinski definition) is 1. The lowest BCUT2D eigenvalue weighted by molar-refractivity contribution is -0.121. The van der Waals surface area contributed by atoms with Crippen LogP contribution in [0.4, 0.5) is 5.82 Å². The molecule has 5 nitrogen and oxygen atoms in total. The minimum atomic E-state index is 0.0315. The van der Waals surface area contributed by atoms with Crippen molar-refractivity contribution in [3.8, 4) is 0 Å². The van der Waals surface area contributed by atoms with Crippen molar-refractivity contribution in [1.82, 2.24) is 15.3 Å². The van der Waals surface area contributed by atoms with Crippen LogP contribution in [-0.2, 0) is 17.8 Å². The summed E-state index contributed by atoms with van der Waals surface area (Å²) in [5.41, 5.74) is 1.18. The fourth-order valence-corrected chi connectivity index (χ4v) is 2.76. The third-order valence-corrected chi connectivity index (χ3v) is 4.05. The van der Waals surface area contributed by atoms with Gasteiger partial charge in [-0.15, -0.1) is 0 Å². The normalized spacial score (nSPS) is 14.0. The molecule has 1 aliphatic rings. The number of anilines is 1. The lowest BCUT2D eigenvalue weighted by Gasteiger charge is -2.16. The summed E-state index contributed by atoms with van der Waals surface area (Å²) in [6.07, 6.45) is 5.44. The van der Waals surface area contributed by atoms with Crippen LogP contribution >= 0.6 is 0 Å². The summed E-state index contributed by atoms with van der Waals surface area (Å²) in [7, 11) is 0. The van der Waals surface area contributed by atoms with E-state index in [0.29, 0.717) is 18.8 Å². The predicted octanol–water partition coefficient (Wildman–Crippen LogP) is 2.33. The number of rotatable bonds is 6. The summed E-state index contributed by atoms with van der Waals surface area (Å²) < 4.78 is 0. The van der Waals surface area contributed by atoms with Crippen LogP contribution in [0.15, 0.2) is 42.6 Å². The van der Waals surface area contributed by atoms with Gasteiger partial charge in [0.2, 0.25) is 5.91 Å². The largest absolute Gasteiger partial charge is 0.357 e. The molecule has 120 valence electrons. The van der Waals surface area contributed by atoms with E-state index in [1.807, 2.05) is 36.4 Å². The van der Waals surface area contributed by atoms with E-state index in [2.05, 4.69) is 20.2 Å². The lowest BCUT2D eigenvalue weighted by atomic mass is 10.1. The molecule has 1 aliphatic heterocycles. The Balaban J connectivity index is 1.48. The van der Waals surface area contributed by atoms with Crippen LogP contribution in [-0.4, -0.2) is 29.0 Å². The number of carbonyl (C=O) groups is 1. The molecule has 0 atom stereocenters. The maximum atomic E-state index is 12.0. The van der Waals surface area contributed by atoms with Crippen LogP contribution in [0.2, 0.25) is 0 Å². The molecule has 1 saturated heterocycles. The highest BCUT2D eigenvalue weighted by atomic mass is 16.1. The van der Waals surface area contributed by atoms with Gasteiger partial charge in [-0.3, -0.25) is 4.79 Å². The van der Waals surface area contributed by atoms with E-state index in [1.165, 1.54) is 18.4 Å². The number of benzene rings is 1. The van der Waals surface area contributed by atoms with Crippen molar-refractivity contribution in [3.63, 3.8) is 0 Å². The number of aromatic nitrogens is 2. The van der Waals surface area contributed by atoms with Gasteiger partial charge in [-0.25, -0.2) is 9.97 Å². The second-order valence-electron chi connectivity index (χ2n) is 5.79. The molecule has 5 heteroatoms. The number of carbonyl (C=O) groups excluding carboxylic acids is 1. The summed E-state index contributed by atoms with van der Waals surface area (Å²) in [4.78, 5) is 23.0. The molecule has 2 aromatic rings. The van der Waals surface area contributed by atoms with Gasteiger partial charge in [0.15, 0.2) is 0 Å². The first-order chi connectivity index (χ1) is 11.3. The molecule has 0 saturated carbocycles. The van der Waals surface area contributed by atoms with Gasteiger partial charge >= 0.3 is 0 Å². The molecule has 23 heavy (non-hydrogen) atoms. The van der Waals surface area contributed by atoms with Crippen molar-refractivity contribution in [2.45, 2.75) is 32.2 Å². The Kier molecular flexibility index (Phi) is 5.19. The van der Waals surface area contributed by atoms with E-state index in [-0.39, 0.29) is 5.91 Å². The highest BCUT2D eigenvalue weighted by molar-refractivity contribution is 5.76. The van der Waals surface area contributed by atoms with Crippen LogP contribution in [0, 0.1) is 0 Å². The first kappa shape index (κ1) is 15.5. The molecule has 2 heterocycles. The van der Waals surface area contributed by atoms with E-state index in [9.17, 15) is 4.79 Å². The van der Waals surface area contributed by atoms with Crippen molar-refractivity contribution in [2.75, 3.05) is 18.0 Å². The van der Waals surface area contributed by atoms with Crippen molar-refractivity contribution in [3.05, 3.63) is 54.0 Å². The smallest absolute Gasteiger partial charge is 0.220 e. The standard InChI is InChI=1S/C18H22N4O/c23-18(9-8-15-6-2-1-3-7-15)20-14-16-19-11-10-17(21-16)22-12-4-5-13-22/h1-3,6-7,10-11H,4-5,8-9,12-14H2,(H,20,23). The fourth-order valence-electron chi connectivity index (χ4n) is 2.76. The molecule has 0 bridgehead atoms. The van der Waals surface area contributed by atoms with E-state index >= 15 is 0 Å². The Morgan fingerprint density at radius 1 is 1.13 bits per heavy atom. The first-order valence-electron chi connectivity index (χ1n) is 8.19. The van der Waals surface area contributed by atoms with Gasteiger partial charge in [0, 0.05) is 25.7 Å². The molecule has 0 radical (unpaired) electrons. The van der Waals surface area contributed by atoms with Gasteiger partial charge in [0.05, 0.1) is 6.54 Å². The number of hydrogen-bond acceptors (Lipinski definition) is 4. The van der Waals surface area contributed by atoms with Gasteiger partial charge in [-0.2, -0.15) is 0 Å². The van der Waals surface area contributed by atoms with Crippen LogP contribution in [0.5, 0.6) is 0 Å². The van der Waals surface area contributed by atoms with Crippen molar-refractivity contribution in [2.24, 2.45) is 0 Å². The minimum Gasteiger partial charge on any atom is -0.357 e. The molecule has 1 N–H and O–H groups in total. The Morgan fingerprint density at radius 2 is 1.91 bits per heavy atom. The van der Waals surface area contributed by atoms with Crippen molar-refractivity contribution in [1.29, 1.82) is 0 Å². The molecule has 0 unspecified atom stereocenters. The van der Waals surface area contributed by atoms with Crippen molar-refractivity contribution < 1.29 is 4.79 Å². The second kappa shape index (κ2) is 7.72. The maximum absolute atomic E-state index is 12.0. The zero-order valence-electron chi connectivity index (χ0n) is 13.2. The maximum Gasteiger partial charge on any atom is 0.220 e. The molecule has 0 spiro atoms. The van der Waals surface area contributed by atoms with Crippen molar-refractivity contribution >= 4 is 11.7 Å². The average molecular weight is 310 g/mol. The number of nitrogens with one attached hydrogen (secondary N) is 1. The van der Waals surface area contributed by atoms with E-state index in [0.717, 1.165) is 25.3 Å². The topological polar surface area (TPSA) is 58.1 Å². The monoisotopic (exact) mass is 310 g/mol.